The van der Waals surface area contributed by atoms with Crippen LogP contribution in [0.4, 0.5) is 5.69 Å². The first-order chi connectivity index (χ1) is 31.1. The number of unbranched alkanes of at least 4 members (excludes halogenated alkanes) is 2. The maximum absolute atomic E-state index is 15.2. The molecule has 16 heteroatoms. The number of aliphatic hydroxyl groups is 2. The van der Waals surface area contributed by atoms with E-state index < -0.39 is 44.9 Å². The van der Waals surface area contributed by atoms with Gasteiger partial charge in [-0.15, -0.1) is 6.58 Å². The number of hydrogen-bond donors (Lipinski definition) is 2. The van der Waals surface area contributed by atoms with Crippen molar-refractivity contribution in [1.29, 1.82) is 0 Å². The maximum Gasteiger partial charge on any atom is 0.273 e. The summed E-state index contributed by atoms with van der Waals surface area (Å²) in [5, 5.41) is 37.1. The molecule has 0 spiro atoms. The Morgan fingerprint density at radius 2 is 1.80 bits per heavy atom. The van der Waals surface area contributed by atoms with E-state index in [1.165, 1.54) is 16.4 Å². The van der Waals surface area contributed by atoms with Gasteiger partial charge in [0.05, 0.1) is 47.4 Å². The van der Waals surface area contributed by atoms with E-state index >= 15 is 8.42 Å². The number of para-hydroxylation sites is 1. The number of nitro groups is 1. The normalized spacial score (nSPS) is 25.8. The number of fused-ring (bicyclic) bond motifs is 3. The van der Waals surface area contributed by atoms with Crippen LogP contribution in [-0.2, 0) is 24.3 Å². The third kappa shape index (κ3) is 9.04. The lowest BCUT2D eigenvalue weighted by Crippen LogP contribution is -2.69. The number of nitro benzene ring substituents is 1. The minimum atomic E-state index is -4.32. The Balaban J connectivity index is 1.34. The number of aromatic nitrogens is 1. The largest absolute Gasteiger partial charge is 0.460 e. The Labute approximate surface area is 373 Å². The molecule has 0 radical (unpaired) electrons. The fourth-order valence-electron chi connectivity index (χ4n) is 10.1. The highest BCUT2D eigenvalue weighted by Gasteiger charge is 2.66. The first kappa shape index (κ1) is 45.3. The smallest absolute Gasteiger partial charge is 0.273 e. The van der Waals surface area contributed by atoms with Crippen molar-refractivity contribution in [3.63, 3.8) is 0 Å². The van der Waals surface area contributed by atoms with E-state index in [2.05, 4.69) is 17.6 Å². The lowest BCUT2D eigenvalue weighted by molar-refractivity contribution is -0.384. The number of pyridine rings is 1. The first-order valence-corrected chi connectivity index (χ1v) is 23.6. The lowest BCUT2D eigenvalue weighted by atomic mass is 9.55. The quantitative estimate of drug-likeness (QED) is 0.0396. The Morgan fingerprint density at radius 1 is 1.02 bits per heavy atom. The summed E-state index contributed by atoms with van der Waals surface area (Å²) < 4.78 is 58.3. The minimum Gasteiger partial charge on any atom is -0.460 e. The van der Waals surface area contributed by atoms with Gasteiger partial charge in [0.15, 0.2) is 0 Å². The van der Waals surface area contributed by atoms with Crippen molar-refractivity contribution in [1.82, 2.24) is 9.29 Å². The molecule has 8 rings (SSSR count). The number of ether oxygens (including phenoxy) is 4. The number of nitrogens with zero attached hydrogens (tertiary/aromatic N) is 4. The molecule has 0 amide bonds. The van der Waals surface area contributed by atoms with Crippen LogP contribution in [-0.4, -0.2) is 90.1 Å². The molecule has 3 aromatic carbocycles. The molecule has 0 bridgehead atoms. The first-order valence-electron chi connectivity index (χ1n) is 22.2. The fraction of sp³-hybridized carbons (Fsp3) is 0.458. The van der Waals surface area contributed by atoms with E-state index in [4.69, 9.17) is 28.9 Å². The zero-order chi connectivity index (χ0) is 44.8. The van der Waals surface area contributed by atoms with Crippen molar-refractivity contribution >= 4 is 32.3 Å². The monoisotopic (exact) mass is 896 g/mol. The van der Waals surface area contributed by atoms with E-state index in [0.29, 0.717) is 66.8 Å². The average molecular weight is 897 g/mol. The van der Waals surface area contributed by atoms with Gasteiger partial charge in [-0.1, -0.05) is 54.4 Å². The highest BCUT2D eigenvalue weighted by Crippen LogP contribution is 2.62. The highest BCUT2D eigenvalue weighted by molar-refractivity contribution is 7.89. The van der Waals surface area contributed by atoms with Gasteiger partial charge >= 0.3 is 0 Å². The Kier molecular flexibility index (Phi) is 14.1. The molecule has 7 atom stereocenters. The summed E-state index contributed by atoms with van der Waals surface area (Å²) in [5.74, 6) is -1.67. The van der Waals surface area contributed by atoms with Crippen molar-refractivity contribution in [3.05, 3.63) is 119 Å². The molecule has 1 aromatic heterocycles. The van der Waals surface area contributed by atoms with Gasteiger partial charge in [0.1, 0.15) is 22.1 Å². The number of rotatable bonds is 19. The van der Waals surface area contributed by atoms with Gasteiger partial charge in [0.2, 0.25) is 22.1 Å². The summed E-state index contributed by atoms with van der Waals surface area (Å²) in [6.07, 6.45) is 11.5. The standard InChI is InChI=1S/C48H56N4O11S/c1-3-26-60-48-43(51(2)64(57,58)42-19-10-14-32-15-12-23-49-47(32)42)31-40(50-63-44-20-6-9-27-59-44)38-28-33(13-4-7-24-53)37(18-5-8-25-54)45(46(38)48)39-30-36(21-22-41(39)62-48)61-35-17-11-16-34(29-35)52(55)56/h3,10-12,14-17,19,21-23,28-30,33,37,43-46,53-54H,1,4-9,13,18,20,24-27,31H2,2H3/t33-,37+,43-,44?,45+,46+,48+/m0/s1. The summed E-state index contributed by atoms with van der Waals surface area (Å²) in [7, 11) is -2.78. The summed E-state index contributed by atoms with van der Waals surface area (Å²) in [4.78, 5) is 21.9. The van der Waals surface area contributed by atoms with E-state index in [0.717, 1.165) is 36.8 Å². The number of sulfonamides is 1. The predicted octanol–water partition coefficient (Wildman–Crippen LogP) is 8.42. The van der Waals surface area contributed by atoms with Gasteiger partial charge in [0.25, 0.3) is 5.69 Å². The van der Waals surface area contributed by atoms with Crippen molar-refractivity contribution in [2.45, 2.75) is 93.1 Å². The summed E-state index contributed by atoms with van der Waals surface area (Å²) >= 11 is 0. The molecule has 340 valence electrons. The summed E-state index contributed by atoms with van der Waals surface area (Å²) in [6, 6.07) is 19.0. The topological polar surface area (TPSA) is 192 Å². The third-order valence-corrected chi connectivity index (χ3v) is 14.9. The fourth-order valence-corrected chi connectivity index (χ4v) is 11.6. The number of allylic oxidation sites excluding steroid dienone is 1. The SMILES string of the molecule is C=CCO[C@@]12Oc3ccc(Oc4cccc([N+](=O)[O-])c4)cc3[C@H]3[C@H](CCCCO)[C@@H](CCCCO)C=C(C(=NOC4CCCCO4)C[C@@H]1N(C)S(=O)(=O)c1cccc4cccnc14)[C@H]32. The van der Waals surface area contributed by atoms with E-state index in [9.17, 15) is 20.3 Å². The van der Waals surface area contributed by atoms with Gasteiger partial charge < -0.3 is 34.0 Å². The van der Waals surface area contributed by atoms with Crippen LogP contribution in [0, 0.1) is 27.9 Å². The molecular formula is C48H56N4O11S. The average Bonchev–Trinajstić information content (AvgIpc) is 3.31. The van der Waals surface area contributed by atoms with Crippen LogP contribution in [0.25, 0.3) is 10.9 Å². The van der Waals surface area contributed by atoms with Crippen LogP contribution in [0.2, 0.25) is 0 Å². The molecule has 2 fully saturated rings. The molecule has 1 saturated carbocycles. The second-order valence-corrected chi connectivity index (χ2v) is 18.8. The molecule has 4 aliphatic rings. The van der Waals surface area contributed by atoms with Crippen LogP contribution < -0.4 is 9.47 Å². The van der Waals surface area contributed by atoms with Crippen LogP contribution in [0.3, 0.4) is 0 Å². The highest BCUT2D eigenvalue weighted by atomic mass is 32.2. The molecule has 4 aromatic rings. The molecule has 15 nitrogen and oxygen atoms in total. The van der Waals surface area contributed by atoms with Gasteiger partial charge in [-0.2, -0.15) is 4.31 Å². The molecule has 1 unspecified atom stereocenters. The summed E-state index contributed by atoms with van der Waals surface area (Å²) in [6.45, 7) is 4.62. The second kappa shape index (κ2) is 19.9. The van der Waals surface area contributed by atoms with Crippen LogP contribution in [0.15, 0.2) is 113 Å². The number of benzene rings is 3. The molecule has 3 heterocycles. The van der Waals surface area contributed by atoms with Crippen molar-refractivity contribution in [2.24, 2.45) is 22.9 Å². The molecule has 64 heavy (non-hydrogen) atoms. The van der Waals surface area contributed by atoms with Gasteiger partial charge in [-0.25, -0.2) is 8.42 Å². The zero-order valence-corrected chi connectivity index (χ0v) is 36.8. The molecule has 2 aliphatic heterocycles. The molecule has 2 aliphatic carbocycles. The van der Waals surface area contributed by atoms with E-state index in [1.807, 2.05) is 18.2 Å². The van der Waals surface area contributed by atoms with Crippen molar-refractivity contribution in [2.75, 3.05) is 33.5 Å². The molecule has 1 saturated heterocycles. The zero-order valence-electron chi connectivity index (χ0n) is 36.0. The van der Waals surface area contributed by atoms with Crippen molar-refractivity contribution < 1.29 is 47.3 Å². The van der Waals surface area contributed by atoms with E-state index in [-0.39, 0.29) is 54.4 Å². The van der Waals surface area contributed by atoms with Crippen LogP contribution in [0.5, 0.6) is 17.2 Å². The van der Waals surface area contributed by atoms with E-state index in [1.54, 1.807) is 61.8 Å². The Bertz CT molecular complexity index is 2490. The van der Waals surface area contributed by atoms with Crippen molar-refractivity contribution in [3.8, 4) is 17.2 Å². The second-order valence-electron chi connectivity index (χ2n) is 16.9. The number of aliphatic hydroxyl groups excluding tert-OH is 2. The lowest BCUT2D eigenvalue weighted by Gasteiger charge is -2.59. The number of non-ortho nitro benzene ring substituents is 1. The van der Waals surface area contributed by atoms with Crippen LogP contribution in [0.1, 0.15) is 75.7 Å². The minimum absolute atomic E-state index is 0.0218. The van der Waals surface area contributed by atoms with Crippen LogP contribution >= 0.6 is 0 Å². The third-order valence-electron chi connectivity index (χ3n) is 13.0. The van der Waals surface area contributed by atoms with Gasteiger partial charge in [-0.05, 0) is 92.3 Å². The Morgan fingerprint density at radius 3 is 2.56 bits per heavy atom. The van der Waals surface area contributed by atoms with Gasteiger partial charge in [0, 0.05) is 62.2 Å². The number of likely N-dealkylation sites (N-methyl/N-ethyl adjacent to an activating group) is 1. The maximum atomic E-state index is 15.2. The predicted molar refractivity (Wildman–Crippen MR) is 239 cm³/mol. The number of hydrogen-bond acceptors (Lipinski definition) is 13. The summed E-state index contributed by atoms with van der Waals surface area (Å²) in [5.41, 5.74) is 2.36. The molecule has 2 N–H and O–H groups in total. The number of oxime groups is 1. The Hall–Kier alpha value is -5.23. The van der Waals surface area contributed by atoms with Gasteiger partial charge in [-0.3, -0.25) is 15.1 Å². The molecular weight excluding hydrogens is 841 g/mol.